The molecule has 0 unspecified atom stereocenters. The maximum absolute atomic E-state index is 12.8. The molecule has 3 aliphatic heterocycles. The Balaban J connectivity index is 1.70. The molecule has 1 aromatic carbocycles. The lowest BCUT2D eigenvalue weighted by molar-refractivity contribution is -0.132. The summed E-state index contributed by atoms with van der Waals surface area (Å²) < 4.78 is 10.8. The smallest absolute Gasteiger partial charge is 0.308 e. The Hall–Kier alpha value is -2.47. The predicted octanol–water partition coefficient (Wildman–Crippen LogP) is 1.44. The van der Waals surface area contributed by atoms with Gasteiger partial charge < -0.3 is 9.47 Å². The van der Waals surface area contributed by atoms with Gasteiger partial charge in [0.25, 0.3) is 0 Å². The molecule has 0 N–H and O–H groups in total. The van der Waals surface area contributed by atoms with Crippen LogP contribution < -0.4 is 9.64 Å². The summed E-state index contributed by atoms with van der Waals surface area (Å²) in [6.07, 6.45) is 3.37. The summed E-state index contributed by atoms with van der Waals surface area (Å²) in [5.74, 6) is -1.66. The number of nitrogens with zero attached hydrogens (tertiary/aromatic N) is 1. The molecule has 2 fully saturated rings. The molecule has 0 radical (unpaired) electrons. The Bertz CT molecular complexity index is 770. The molecule has 3 aliphatic rings. The van der Waals surface area contributed by atoms with E-state index < -0.39 is 23.4 Å². The summed E-state index contributed by atoms with van der Waals surface area (Å²) in [6, 6.07) is 6.43. The molecular formula is C17H15NO5. The summed E-state index contributed by atoms with van der Waals surface area (Å²) in [6.45, 7) is 3.13. The van der Waals surface area contributed by atoms with Gasteiger partial charge in [-0.3, -0.25) is 14.4 Å². The number of carbonyl (C=O) groups excluding carboxylic acids is 3. The van der Waals surface area contributed by atoms with Crippen molar-refractivity contribution in [1.29, 1.82) is 0 Å². The molecular weight excluding hydrogens is 298 g/mol. The molecule has 0 spiro atoms. The first kappa shape index (κ1) is 14.1. The average Bonchev–Trinajstić information content (AvgIpc) is 3.08. The minimum Gasteiger partial charge on any atom is -0.427 e. The zero-order valence-corrected chi connectivity index (χ0v) is 12.7. The highest BCUT2D eigenvalue weighted by Crippen LogP contribution is 2.52. The van der Waals surface area contributed by atoms with Crippen molar-refractivity contribution in [3.05, 3.63) is 36.4 Å². The molecule has 2 amide bonds. The maximum Gasteiger partial charge on any atom is 0.308 e. The second-order valence-electron chi connectivity index (χ2n) is 6.23. The summed E-state index contributed by atoms with van der Waals surface area (Å²) in [4.78, 5) is 37.8. The average molecular weight is 313 g/mol. The second kappa shape index (κ2) is 4.52. The van der Waals surface area contributed by atoms with Gasteiger partial charge in [0.15, 0.2) is 0 Å². The fourth-order valence-electron chi connectivity index (χ4n) is 3.76. The van der Waals surface area contributed by atoms with Gasteiger partial charge in [0.05, 0.1) is 29.2 Å². The summed E-state index contributed by atoms with van der Waals surface area (Å²) in [5, 5.41) is 0. The molecule has 23 heavy (non-hydrogen) atoms. The van der Waals surface area contributed by atoms with Crippen molar-refractivity contribution in [2.24, 2.45) is 11.8 Å². The molecule has 3 heterocycles. The Morgan fingerprint density at radius 3 is 2.78 bits per heavy atom. The fraction of sp³-hybridized carbons (Fsp3) is 0.353. The number of fused-ring (bicyclic) bond motifs is 5. The van der Waals surface area contributed by atoms with E-state index in [2.05, 4.69) is 0 Å². The normalized spacial score (nSPS) is 34.2. The molecule has 4 atom stereocenters. The number of anilines is 1. The van der Waals surface area contributed by atoms with Crippen LogP contribution >= 0.6 is 0 Å². The van der Waals surface area contributed by atoms with Crippen LogP contribution in [0.15, 0.2) is 36.4 Å². The molecule has 6 heteroatoms. The van der Waals surface area contributed by atoms with Crippen LogP contribution in [0.2, 0.25) is 0 Å². The Kier molecular flexibility index (Phi) is 2.78. The third-order valence-electron chi connectivity index (χ3n) is 4.67. The lowest BCUT2D eigenvalue weighted by Gasteiger charge is -2.24. The third kappa shape index (κ3) is 1.88. The predicted molar refractivity (Wildman–Crippen MR) is 79.6 cm³/mol. The number of rotatable bonds is 2. The summed E-state index contributed by atoms with van der Waals surface area (Å²) in [7, 11) is 0. The topological polar surface area (TPSA) is 72.9 Å². The van der Waals surface area contributed by atoms with Crippen LogP contribution in [0, 0.1) is 11.8 Å². The van der Waals surface area contributed by atoms with Crippen molar-refractivity contribution in [1.82, 2.24) is 0 Å². The number of imide groups is 1. The maximum atomic E-state index is 12.8. The fourth-order valence-corrected chi connectivity index (χ4v) is 3.76. The summed E-state index contributed by atoms with van der Waals surface area (Å²) in [5.41, 5.74) is -0.305. The lowest BCUT2D eigenvalue weighted by atomic mass is 9.78. The first-order valence-corrected chi connectivity index (χ1v) is 7.44. The molecule has 2 bridgehead atoms. The molecule has 6 nitrogen and oxygen atoms in total. The van der Waals surface area contributed by atoms with Crippen LogP contribution in [0.5, 0.6) is 5.75 Å². The summed E-state index contributed by atoms with van der Waals surface area (Å²) >= 11 is 0. The standard InChI is InChI=1S/C17H15NO5/c1-9(19)22-11-5-3-4-10(8-11)18-15(20)13-12-6-7-17(2,23-12)14(13)16(18)21/h3-8,12-14H,1-2H3/t12-,13+,14+,17-/m1/s1. The van der Waals surface area contributed by atoms with E-state index in [1.165, 1.54) is 17.9 Å². The van der Waals surface area contributed by atoms with Gasteiger partial charge in [-0.25, -0.2) is 4.90 Å². The molecule has 118 valence electrons. The third-order valence-corrected chi connectivity index (χ3v) is 4.67. The van der Waals surface area contributed by atoms with Crippen LogP contribution in [0.4, 0.5) is 5.69 Å². The van der Waals surface area contributed by atoms with Crippen LogP contribution in [0.25, 0.3) is 0 Å². The highest BCUT2D eigenvalue weighted by atomic mass is 16.5. The van der Waals surface area contributed by atoms with Crippen LogP contribution in [0.1, 0.15) is 13.8 Å². The van der Waals surface area contributed by atoms with E-state index in [0.29, 0.717) is 11.4 Å². The van der Waals surface area contributed by atoms with E-state index in [1.54, 1.807) is 18.2 Å². The van der Waals surface area contributed by atoms with E-state index in [-0.39, 0.29) is 17.9 Å². The van der Waals surface area contributed by atoms with E-state index in [4.69, 9.17) is 9.47 Å². The van der Waals surface area contributed by atoms with Crippen molar-refractivity contribution in [2.75, 3.05) is 4.90 Å². The minimum absolute atomic E-state index is 0.266. The SMILES string of the molecule is CC(=O)Oc1cccc(N2C(=O)[C@@H]3[C@@H](C2=O)[C@@]2(C)C=C[C@H]3O2)c1. The minimum atomic E-state index is -0.718. The highest BCUT2D eigenvalue weighted by Gasteiger charge is 2.66. The van der Waals surface area contributed by atoms with Crippen molar-refractivity contribution < 1.29 is 23.9 Å². The van der Waals surface area contributed by atoms with Crippen LogP contribution in [0.3, 0.4) is 0 Å². The lowest BCUT2D eigenvalue weighted by Crippen LogP contribution is -2.38. The zero-order valence-electron chi connectivity index (χ0n) is 12.7. The number of ether oxygens (including phenoxy) is 2. The van der Waals surface area contributed by atoms with Crippen molar-refractivity contribution in [2.45, 2.75) is 25.6 Å². The first-order chi connectivity index (χ1) is 10.9. The van der Waals surface area contributed by atoms with Crippen molar-refractivity contribution >= 4 is 23.5 Å². The van der Waals surface area contributed by atoms with Gasteiger partial charge in [0, 0.05) is 13.0 Å². The Morgan fingerprint density at radius 1 is 1.30 bits per heavy atom. The number of hydrogen-bond donors (Lipinski definition) is 0. The van der Waals surface area contributed by atoms with Gasteiger partial charge in [-0.2, -0.15) is 0 Å². The number of carbonyl (C=O) groups is 3. The Morgan fingerprint density at radius 2 is 2.09 bits per heavy atom. The zero-order chi connectivity index (χ0) is 16.4. The van der Waals surface area contributed by atoms with Crippen LogP contribution in [-0.4, -0.2) is 29.5 Å². The number of benzene rings is 1. The molecule has 0 saturated carbocycles. The first-order valence-electron chi connectivity index (χ1n) is 7.44. The molecule has 0 aromatic heterocycles. The molecule has 1 aromatic rings. The molecule has 2 saturated heterocycles. The molecule has 0 aliphatic carbocycles. The number of esters is 1. The highest BCUT2D eigenvalue weighted by molar-refractivity contribution is 6.23. The van der Waals surface area contributed by atoms with Gasteiger partial charge in [0.1, 0.15) is 5.75 Å². The number of hydrogen-bond acceptors (Lipinski definition) is 5. The van der Waals surface area contributed by atoms with Crippen LogP contribution in [-0.2, 0) is 19.1 Å². The van der Waals surface area contributed by atoms with E-state index in [9.17, 15) is 14.4 Å². The van der Waals surface area contributed by atoms with Gasteiger partial charge in [-0.1, -0.05) is 18.2 Å². The molecule has 4 rings (SSSR count). The van der Waals surface area contributed by atoms with Gasteiger partial charge >= 0.3 is 5.97 Å². The largest absolute Gasteiger partial charge is 0.427 e. The van der Waals surface area contributed by atoms with Gasteiger partial charge in [-0.05, 0) is 19.1 Å². The quantitative estimate of drug-likeness (QED) is 0.357. The second-order valence-corrected chi connectivity index (χ2v) is 6.23. The van der Waals surface area contributed by atoms with Gasteiger partial charge in [0.2, 0.25) is 11.8 Å². The monoisotopic (exact) mass is 313 g/mol. The van der Waals surface area contributed by atoms with E-state index in [1.807, 2.05) is 19.1 Å². The van der Waals surface area contributed by atoms with E-state index >= 15 is 0 Å². The van der Waals surface area contributed by atoms with Crippen molar-refractivity contribution in [3.8, 4) is 5.75 Å². The Labute approximate surface area is 132 Å². The van der Waals surface area contributed by atoms with Crippen molar-refractivity contribution in [3.63, 3.8) is 0 Å². The number of amides is 2. The van der Waals surface area contributed by atoms with E-state index in [0.717, 1.165) is 0 Å². The van der Waals surface area contributed by atoms with Gasteiger partial charge in [-0.15, -0.1) is 0 Å².